The van der Waals surface area contributed by atoms with Gasteiger partial charge in [-0.3, -0.25) is 14.9 Å². The van der Waals surface area contributed by atoms with Gasteiger partial charge < -0.3 is 9.47 Å². The molecule has 0 saturated carbocycles. The van der Waals surface area contributed by atoms with Crippen LogP contribution in [-0.2, 0) is 22.8 Å². The van der Waals surface area contributed by atoms with Gasteiger partial charge >= 0.3 is 6.03 Å². The average Bonchev–Trinajstić information content (AvgIpc) is 3.03. The molecule has 1 aliphatic rings. The predicted octanol–water partition coefficient (Wildman–Crippen LogP) is 8.08. The molecule has 0 spiro atoms. The van der Waals surface area contributed by atoms with Gasteiger partial charge in [0.15, 0.2) is 0 Å². The lowest BCUT2D eigenvalue weighted by molar-refractivity contribution is -0.122. The molecule has 0 aromatic heterocycles. The number of nitrogens with one attached hydrogen (secondary N) is 1. The first kappa shape index (κ1) is 29.2. The van der Waals surface area contributed by atoms with E-state index in [-0.39, 0.29) is 24.5 Å². The molecule has 1 fully saturated rings. The van der Waals surface area contributed by atoms with Gasteiger partial charge in [0.05, 0.1) is 5.69 Å². The number of nitrogens with zero attached hydrogens (tertiary/aromatic N) is 1. The van der Waals surface area contributed by atoms with E-state index in [1.165, 1.54) is 6.08 Å². The highest BCUT2D eigenvalue weighted by molar-refractivity contribution is 9.10. The van der Waals surface area contributed by atoms with Crippen LogP contribution in [0.2, 0.25) is 5.02 Å². The fourth-order valence-electron chi connectivity index (χ4n) is 4.85. The van der Waals surface area contributed by atoms with Crippen LogP contribution in [0.25, 0.3) is 16.8 Å². The van der Waals surface area contributed by atoms with Crippen LogP contribution in [0.15, 0.2) is 119 Å². The molecule has 0 atom stereocenters. The van der Waals surface area contributed by atoms with Crippen molar-refractivity contribution in [2.75, 3.05) is 4.90 Å². The molecule has 5 aromatic rings. The van der Waals surface area contributed by atoms with Gasteiger partial charge in [0.25, 0.3) is 11.8 Å². The second-order valence-corrected chi connectivity index (χ2v) is 11.3. The maximum Gasteiger partial charge on any atom is 0.335 e. The average molecular weight is 668 g/mol. The summed E-state index contributed by atoms with van der Waals surface area (Å²) >= 11 is 9.67. The Morgan fingerprint density at radius 2 is 1.48 bits per heavy atom. The van der Waals surface area contributed by atoms with Crippen molar-refractivity contribution >= 4 is 67.9 Å². The zero-order chi connectivity index (χ0) is 30.6. The molecular weight excluding hydrogens is 644 g/mol. The summed E-state index contributed by atoms with van der Waals surface area (Å²) in [6, 6.07) is 32.3. The summed E-state index contributed by atoms with van der Waals surface area (Å²) in [7, 11) is 0. The summed E-state index contributed by atoms with van der Waals surface area (Å²) in [5.74, 6) is -0.565. The van der Waals surface area contributed by atoms with Crippen molar-refractivity contribution in [3.63, 3.8) is 0 Å². The maximum absolute atomic E-state index is 13.6. The van der Waals surface area contributed by atoms with Gasteiger partial charge in [0, 0.05) is 20.6 Å². The Hall–Kier alpha value is -4.92. The van der Waals surface area contributed by atoms with E-state index in [9.17, 15) is 14.4 Å². The first-order valence-corrected chi connectivity index (χ1v) is 14.8. The number of rotatable bonds is 8. The third-order valence-electron chi connectivity index (χ3n) is 7.08. The zero-order valence-corrected chi connectivity index (χ0v) is 25.5. The summed E-state index contributed by atoms with van der Waals surface area (Å²) in [5.41, 5.74) is 2.38. The molecule has 6 rings (SSSR count). The van der Waals surface area contributed by atoms with Crippen LogP contribution in [0.3, 0.4) is 0 Å². The minimum absolute atomic E-state index is 0.211. The third kappa shape index (κ3) is 6.22. The number of benzene rings is 5. The molecule has 0 aliphatic carbocycles. The van der Waals surface area contributed by atoms with Crippen LogP contribution in [0.5, 0.6) is 11.5 Å². The van der Waals surface area contributed by atoms with Gasteiger partial charge in [-0.2, -0.15) is 0 Å². The van der Waals surface area contributed by atoms with Gasteiger partial charge in [-0.25, -0.2) is 9.69 Å². The van der Waals surface area contributed by atoms with Crippen molar-refractivity contribution in [2.24, 2.45) is 0 Å². The van der Waals surface area contributed by atoms with E-state index < -0.39 is 17.8 Å². The highest BCUT2D eigenvalue weighted by Crippen LogP contribution is 2.30. The van der Waals surface area contributed by atoms with E-state index in [1.54, 1.807) is 42.5 Å². The largest absolute Gasteiger partial charge is 0.489 e. The Morgan fingerprint density at radius 3 is 2.30 bits per heavy atom. The first-order valence-electron chi connectivity index (χ1n) is 13.6. The first-order chi connectivity index (χ1) is 21.4. The van der Waals surface area contributed by atoms with E-state index in [0.717, 1.165) is 31.3 Å². The number of imide groups is 2. The van der Waals surface area contributed by atoms with E-state index >= 15 is 0 Å². The molecule has 1 heterocycles. The van der Waals surface area contributed by atoms with Gasteiger partial charge in [-0.05, 0) is 70.9 Å². The number of amides is 4. The van der Waals surface area contributed by atoms with Crippen molar-refractivity contribution in [3.05, 3.63) is 141 Å². The second-order valence-electron chi connectivity index (χ2n) is 9.94. The van der Waals surface area contributed by atoms with Crippen LogP contribution in [-0.4, -0.2) is 17.8 Å². The normalized spacial score (nSPS) is 14.2. The highest BCUT2D eigenvalue weighted by atomic mass is 79.9. The van der Waals surface area contributed by atoms with Crippen LogP contribution in [0.1, 0.15) is 16.7 Å². The fraction of sp³-hybridized carbons (Fsp3) is 0.0571. The van der Waals surface area contributed by atoms with E-state index in [2.05, 4.69) is 21.2 Å². The van der Waals surface area contributed by atoms with Crippen molar-refractivity contribution < 1.29 is 23.9 Å². The van der Waals surface area contributed by atoms with Gasteiger partial charge in [0.2, 0.25) is 0 Å². The number of barbiturate groups is 1. The second kappa shape index (κ2) is 12.8. The minimum Gasteiger partial charge on any atom is -0.489 e. The SMILES string of the molecule is O=C1NC(=O)N(c2ccc(OCc3ccccc3Cl)cc2)C(=O)/C1=C/c1cc(Br)ccc1OCc1cccc2ccccc12. The molecule has 1 aliphatic heterocycles. The number of urea groups is 1. The van der Waals surface area contributed by atoms with Gasteiger partial charge in [-0.1, -0.05) is 88.2 Å². The summed E-state index contributed by atoms with van der Waals surface area (Å²) in [6.45, 7) is 0.524. The topological polar surface area (TPSA) is 84.9 Å². The Morgan fingerprint density at radius 1 is 0.773 bits per heavy atom. The number of carbonyl (C=O) groups excluding carboxylic acids is 3. The van der Waals surface area contributed by atoms with Crippen molar-refractivity contribution in [3.8, 4) is 11.5 Å². The van der Waals surface area contributed by atoms with E-state index in [1.807, 2.05) is 66.7 Å². The molecule has 218 valence electrons. The Balaban J connectivity index is 1.23. The van der Waals surface area contributed by atoms with Gasteiger partial charge in [-0.15, -0.1) is 0 Å². The third-order valence-corrected chi connectivity index (χ3v) is 7.95. The summed E-state index contributed by atoms with van der Waals surface area (Å²) < 4.78 is 12.7. The van der Waals surface area contributed by atoms with E-state index in [4.69, 9.17) is 21.1 Å². The molecule has 7 nitrogen and oxygen atoms in total. The van der Waals surface area contributed by atoms with Crippen molar-refractivity contribution in [1.82, 2.24) is 5.32 Å². The Kier molecular flexibility index (Phi) is 8.45. The predicted molar refractivity (Wildman–Crippen MR) is 174 cm³/mol. The maximum atomic E-state index is 13.6. The zero-order valence-electron chi connectivity index (χ0n) is 23.1. The molecule has 44 heavy (non-hydrogen) atoms. The van der Waals surface area contributed by atoms with Crippen LogP contribution < -0.4 is 19.7 Å². The minimum atomic E-state index is -0.844. The van der Waals surface area contributed by atoms with Crippen molar-refractivity contribution in [2.45, 2.75) is 13.2 Å². The van der Waals surface area contributed by atoms with Crippen LogP contribution in [0.4, 0.5) is 10.5 Å². The summed E-state index contributed by atoms with van der Waals surface area (Å²) in [5, 5.41) is 5.03. The van der Waals surface area contributed by atoms with Crippen molar-refractivity contribution in [1.29, 1.82) is 0 Å². The molecule has 0 radical (unpaired) electrons. The number of ether oxygens (including phenoxy) is 2. The smallest absolute Gasteiger partial charge is 0.335 e. The number of hydrogen-bond donors (Lipinski definition) is 1. The molecule has 1 saturated heterocycles. The quantitative estimate of drug-likeness (QED) is 0.134. The fourth-order valence-corrected chi connectivity index (χ4v) is 5.42. The molecule has 0 bridgehead atoms. The monoisotopic (exact) mass is 666 g/mol. The summed E-state index contributed by atoms with van der Waals surface area (Å²) in [4.78, 5) is 40.2. The Bertz CT molecular complexity index is 1930. The number of anilines is 1. The van der Waals surface area contributed by atoms with Gasteiger partial charge in [0.1, 0.15) is 30.3 Å². The molecule has 4 amide bonds. The Labute approximate surface area is 266 Å². The van der Waals surface area contributed by atoms with Crippen LogP contribution >= 0.6 is 27.5 Å². The molecular formula is C35H24BrClN2O5. The molecule has 9 heteroatoms. The molecule has 0 unspecified atom stereocenters. The number of halogens is 2. The number of hydrogen-bond acceptors (Lipinski definition) is 5. The lowest BCUT2D eigenvalue weighted by atomic mass is 10.0. The number of carbonyl (C=O) groups is 3. The molecule has 1 N–H and O–H groups in total. The lowest BCUT2D eigenvalue weighted by Crippen LogP contribution is -2.54. The highest BCUT2D eigenvalue weighted by Gasteiger charge is 2.37. The lowest BCUT2D eigenvalue weighted by Gasteiger charge is -2.26. The standard InChI is InChI=1S/C35H24BrClN2O5/c36-26-12-17-32(44-20-23-9-5-8-22-6-1-3-10-29(22)23)25(18-26)19-30-33(40)38-35(42)39(34(30)41)27-13-15-28(16-14-27)43-21-24-7-2-4-11-31(24)37/h1-19H,20-21H2,(H,38,40,42)/b30-19+. The van der Waals surface area contributed by atoms with E-state index in [0.29, 0.717) is 22.1 Å². The number of fused-ring (bicyclic) bond motifs is 1. The summed E-state index contributed by atoms with van der Waals surface area (Å²) in [6.07, 6.45) is 1.43. The molecule has 5 aromatic carbocycles. The van der Waals surface area contributed by atoms with Crippen LogP contribution in [0, 0.1) is 0 Å².